The Morgan fingerprint density at radius 1 is 0.679 bits per heavy atom. The van der Waals surface area contributed by atoms with Crippen molar-refractivity contribution in [3.05, 3.63) is 12.2 Å². The van der Waals surface area contributed by atoms with Gasteiger partial charge in [0.15, 0.2) is 0 Å². The van der Waals surface area contributed by atoms with Crippen molar-refractivity contribution in [3.63, 3.8) is 0 Å². The summed E-state index contributed by atoms with van der Waals surface area (Å²) in [6, 6.07) is 0. The third kappa shape index (κ3) is 23.2. The van der Waals surface area contributed by atoms with E-state index in [-0.39, 0.29) is 12.5 Å². The average Bonchev–Trinajstić information content (AvgIpc) is 2.70. The summed E-state index contributed by atoms with van der Waals surface area (Å²) in [5.74, 6) is 0.134. The van der Waals surface area contributed by atoms with Gasteiger partial charge in [0.05, 0.1) is 0 Å². The number of allylic oxidation sites excluding steroid dienone is 2. The van der Waals surface area contributed by atoms with E-state index in [9.17, 15) is 4.79 Å². The van der Waals surface area contributed by atoms with Crippen LogP contribution in [-0.2, 0) is 4.79 Å². The van der Waals surface area contributed by atoms with Crippen LogP contribution in [0.2, 0.25) is 0 Å². The fourth-order valence-electron chi connectivity index (χ4n) is 3.46. The van der Waals surface area contributed by atoms with Gasteiger partial charge in [0.25, 0.3) is 0 Å². The van der Waals surface area contributed by atoms with Crippen molar-refractivity contribution in [1.29, 1.82) is 0 Å². The molecule has 3 heteroatoms. The molecule has 0 heterocycles. The van der Waals surface area contributed by atoms with Crippen LogP contribution < -0.4 is 5.32 Å². The Morgan fingerprint density at radius 2 is 1.14 bits per heavy atom. The Kier molecular flexibility index (Phi) is 23.5. The highest BCUT2D eigenvalue weighted by atomic mass is 16.3. The molecule has 28 heavy (non-hydrogen) atoms. The second-order valence-electron chi connectivity index (χ2n) is 8.18. The molecule has 2 N–H and O–H groups in total. The van der Waals surface area contributed by atoms with E-state index in [4.69, 9.17) is 5.11 Å². The summed E-state index contributed by atoms with van der Waals surface area (Å²) in [7, 11) is 0. The zero-order chi connectivity index (χ0) is 20.5. The molecule has 0 aromatic carbocycles. The van der Waals surface area contributed by atoms with Crippen molar-refractivity contribution in [3.8, 4) is 0 Å². The summed E-state index contributed by atoms with van der Waals surface area (Å²) >= 11 is 0. The van der Waals surface area contributed by atoms with Gasteiger partial charge in [0, 0.05) is 19.6 Å². The summed E-state index contributed by atoms with van der Waals surface area (Å²) in [5.41, 5.74) is 0. The van der Waals surface area contributed by atoms with Crippen molar-refractivity contribution < 1.29 is 9.90 Å². The van der Waals surface area contributed by atoms with Crippen LogP contribution in [0.15, 0.2) is 12.2 Å². The minimum Gasteiger partial charge on any atom is -0.396 e. The average molecular weight is 396 g/mol. The van der Waals surface area contributed by atoms with Crippen molar-refractivity contribution in [2.45, 2.75) is 129 Å². The first-order valence-corrected chi connectivity index (χ1v) is 12.3. The second kappa shape index (κ2) is 24.2. The predicted octanol–water partition coefficient (Wildman–Crippen LogP) is 7.08. The molecule has 0 bridgehead atoms. The molecule has 0 aromatic rings. The molecule has 0 fully saturated rings. The van der Waals surface area contributed by atoms with E-state index in [2.05, 4.69) is 24.4 Å². The second-order valence-corrected chi connectivity index (χ2v) is 8.18. The Morgan fingerprint density at radius 3 is 1.64 bits per heavy atom. The summed E-state index contributed by atoms with van der Waals surface area (Å²) in [5, 5.41) is 11.5. The van der Waals surface area contributed by atoms with E-state index in [0.717, 1.165) is 12.8 Å². The molecule has 0 spiro atoms. The van der Waals surface area contributed by atoms with Crippen LogP contribution in [0, 0.1) is 0 Å². The molecule has 0 saturated heterocycles. The van der Waals surface area contributed by atoms with E-state index in [0.29, 0.717) is 19.4 Å². The van der Waals surface area contributed by atoms with Gasteiger partial charge in [-0.25, -0.2) is 0 Å². The van der Waals surface area contributed by atoms with Gasteiger partial charge in [0.2, 0.25) is 5.91 Å². The number of rotatable bonds is 22. The molecule has 0 unspecified atom stereocenters. The molecular formula is C25H49NO2. The third-order valence-corrected chi connectivity index (χ3v) is 5.32. The number of carbonyl (C=O) groups excluding carboxylic acids is 1. The Balaban J connectivity index is 3.13. The minimum atomic E-state index is 0.134. The lowest BCUT2D eigenvalue weighted by Gasteiger charge is -2.04. The molecule has 0 aliphatic rings. The first kappa shape index (κ1) is 27.2. The zero-order valence-corrected chi connectivity index (χ0v) is 18.9. The van der Waals surface area contributed by atoms with Gasteiger partial charge in [-0.15, -0.1) is 0 Å². The normalized spacial score (nSPS) is 11.4. The highest BCUT2D eigenvalue weighted by Crippen LogP contribution is 2.12. The first-order chi connectivity index (χ1) is 13.8. The molecular weight excluding hydrogens is 346 g/mol. The van der Waals surface area contributed by atoms with E-state index in [1.54, 1.807) is 0 Å². The monoisotopic (exact) mass is 395 g/mol. The lowest BCUT2D eigenvalue weighted by Crippen LogP contribution is -2.24. The summed E-state index contributed by atoms with van der Waals surface area (Å²) in [4.78, 5) is 11.5. The SMILES string of the molecule is CCCCCCCC/C=C\CCCCCCCCCCCC(=O)NCCCO. The molecule has 1 amide bonds. The highest BCUT2D eigenvalue weighted by Gasteiger charge is 2.00. The molecule has 0 saturated carbocycles. The standard InChI is InChI=1S/C25H49NO2/c1-2-3-4-5-6-7-8-9-10-11-12-13-14-15-16-17-18-19-20-22-25(28)26-23-21-24-27/h9-10,27H,2-8,11-24H2,1H3,(H,26,28)/b10-9-. The lowest BCUT2D eigenvalue weighted by molar-refractivity contribution is -0.121. The van der Waals surface area contributed by atoms with Crippen molar-refractivity contribution in [1.82, 2.24) is 5.32 Å². The van der Waals surface area contributed by atoms with Gasteiger partial charge in [0.1, 0.15) is 0 Å². The number of aliphatic hydroxyl groups is 1. The van der Waals surface area contributed by atoms with Crippen LogP contribution in [-0.4, -0.2) is 24.2 Å². The smallest absolute Gasteiger partial charge is 0.219 e. The van der Waals surface area contributed by atoms with E-state index in [1.165, 1.54) is 96.3 Å². The number of carbonyl (C=O) groups is 1. The molecule has 0 radical (unpaired) electrons. The van der Waals surface area contributed by atoms with Crippen LogP contribution in [0.3, 0.4) is 0 Å². The lowest BCUT2D eigenvalue weighted by atomic mass is 10.1. The predicted molar refractivity (Wildman–Crippen MR) is 123 cm³/mol. The number of unbranched alkanes of at least 4 members (excludes halogenated alkanes) is 15. The van der Waals surface area contributed by atoms with Crippen LogP contribution in [0.4, 0.5) is 0 Å². The number of nitrogens with one attached hydrogen (secondary N) is 1. The van der Waals surface area contributed by atoms with Crippen molar-refractivity contribution >= 4 is 5.91 Å². The maximum absolute atomic E-state index is 11.5. The summed E-state index contributed by atoms with van der Waals surface area (Å²) in [6.45, 7) is 3.03. The molecule has 0 rings (SSSR count). The number of hydrogen-bond acceptors (Lipinski definition) is 2. The van der Waals surface area contributed by atoms with Crippen LogP contribution in [0.25, 0.3) is 0 Å². The van der Waals surface area contributed by atoms with Crippen molar-refractivity contribution in [2.24, 2.45) is 0 Å². The van der Waals surface area contributed by atoms with Crippen LogP contribution >= 0.6 is 0 Å². The van der Waals surface area contributed by atoms with Crippen LogP contribution in [0.1, 0.15) is 129 Å². The van der Waals surface area contributed by atoms with E-state index < -0.39 is 0 Å². The molecule has 166 valence electrons. The molecule has 0 aliphatic carbocycles. The van der Waals surface area contributed by atoms with Crippen molar-refractivity contribution in [2.75, 3.05) is 13.2 Å². The fraction of sp³-hybridized carbons (Fsp3) is 0.880. The van der Waals surface area contributed by atoms with Gasteiger partial charge >= 0.3 is 0 Å². The largest absolute Gasteiger partial charge is 0.396 e. The van der Waals surface area contributed by atoms with Gasteiger partial charge in [-0.05, 0) is 38.5 Å². The third-order valence-electron chi connectivity index (χ3n) is 5.32. The van der Waals surface area contributed by atoms with E-state index >= 15 is 0 Å². The first-order valence-electron chi connectivity index (χ1n) is 12.3. The number of hydrogen-bond donors (Lipinski definition) is 2. The highest BCUT2D eigenvalue weighted by molar-refractivity contribution is 5.75. The van der Waals surface area contributed by atoms with Gasteiger partial charge in [-0.3, -0.25) is 4.79 Å². The maximum atomic E-state index is 11.5. The Hall–Kier alpha value is -0.830. The van der Waals surface area contributed by atoms with Gasteiger partial charge in [-0.1, -0.05) is 96.1 Å². The molecule has 3 nitrogen and oxygen atoms in total. The van der Waals surface area contributed by atoms with Gasteiger partial charge < -0.3 is 10.4 Å². The topological polar surface area (TPSA) is 49.3 Å². The molecule has 0 aliphatic heterocycles. The summed E-state index contributed by atoms with van der Waals surface area (Å²) in [6.07, 6.45) is 28.5. The summed E-state index contributed by atoms with van der Waals surface area (Å²) < 4.78 is 0. The van der Waals surface area contributed by atoms with Gasteiger partial charge in [-0.2, -0.15) is 0 Å². The maximum Gasteiger partial charge on any atom is 0.219 e. The van der Waals surface area contributed by atoms with Crippen LogP contribution in [0.5, 0.6) is 0 Å². The zero-order valence-electron chi connectivity index (χ0n) is 18.9. The quantitative estimate of drug-likeness (QED) is 0.152. The number of aliphatic hydroxyl groups excluding tert-OH is 1. The fourth-order valence-corrected chi connectivity index (χ4v) is 3.46. The molecule has 0 atom stereocenters. The molecule has 0 aromatic heterocycles. The Labute approximate surface area is 175 Å². The Bertz CT molecular complexity index is 341. The van der Waals surface area contributed by atoms with E-state index in [1.807, 2.05) is 0 Å². The number of amides is 1. The minimum absolute atomic E-state index is 0.134.